The summed E-state index contributed by atoms with van der Waals surface area (Å²) in [6.45, 7) is 0. The van der Waals surface area contributed by atoms with Crippen molar-refractivity contribution in [1.82, 2.24) is 18.3 Å². The van der Waals surface area contributed by atoms with Crippen molar-refractivity contribution in [1.29, 1.82) is 0 Å². The first-order valence-corrected chi connectivity index (χ1v) is 23.5. The summed E-state index contributed by atoms with van der Waals surface area (Å²) in [5.74, 6) is 0. The van der Waals surface area contributed by atoms with Gasteiger partial charge in [0.25, 0.3) is 0 Å². The highest BCUT2D eigenvalue weighted by Crippen LogP contribution is 2.50. The zero-order valence-electron chi connectivity index (χ0n) is 37.8. The van der Waals surface area contributed by atoms with Crippen molar-refractivity contribution in [3.8, 4) is 33.9 Å². The fraction of sp³-hybridized carbons (Fsp3) is 0.0323. The summed E-state index contributed by atoms with van der Waals surface area (Å²) in [4.78, 5) is 0. The van der Waals surface area contributed by atoms with E-state index in [4.69, 9.17) is 0 Å². The number of halogens is 6. The lowest BCUT2D eigenvalue weighted by molar-refractivity contribution is -0.138. The Kier molecular flexibility index (Phi) is 8.87. The molecule has 0 aliphatic heterocycles. The first-order chi connectivity index (χ1) is 35.0. The van der Waals surface area contributed by atoms with E-state index in [2.05, 4.69) is 9.13 Å². The highest BCUT2D eigenvalue weighted by atomic mass is 19.4. The molecule has 4 nitrogen and oxygen atoms in total. The molecule has 0 spiro atoms. The van der Waals surface area contributed by atoms with Crippen LogP contribution in [-0.2, 0) is 12.4 Å². The van der Waals surface area contributed by atoms with Crippen LogP contribution in [-0.4, -0.2) is 18.3 Å². The summed E-state index contributed by atoms with van der Waals surface area (Å²) in [7, 11) is 0. The lowest BCUT2D eigenvalue weighted by atomic mass is 9.97. The lowest BCUT2D eigenvalue weighted by Gasteiger charge is -2.23. The molecule has 4 heterocycles. The maximum absolute atomic E-state index is 17.2. The van der Waals surface area contributed by atoms with Gasteiger partial charge in [-0.2, -0.15) is 26.3 Å². The molecule has 0 radical (unpaired) electrons. The average Bonchev–Trinajstić information content (AvgIpc) is 4.14. The molecule has 14 aromatic rings. The molecule has 0 atom stereocenters. The first kappa shape index (κ1) is 41.9. The third-order valence-corrected chi connectivity index (χ3v) is 14.4. The van der Waals surface area contributed by atoms with Crippen LogP contribution in [0, 0.1) is 0 Å². The van der Waals surface area contributed by atoms with E-state index in [0.29, 0.717) is 22.1 Å². The van der Waals surface area contributed by atoms with Crippen LogP contribution in [0.5, 0.6) is 0 Å². The Hall–Kier alpha value is -9.02. The maximum Gasteiger partial charge on any atom is 0.420 e. The van der Waals surface area contributed by atoms with Gasteiger partial charge in [0.2, 0.25) is 0 Å². The average molecular weight is 951 g/mol. The molecule has 0 amide bonds. The van der Waals surface area contributed by atoms with E-state index in [9.17, 15) is 13.2 Å². The van der Waals surface area contributed by atoms with Crippen LogP contribution in [0.15, 0.2) is 218 Å². The predicted octanol–water partition coefficient (Wildman–Crippen LogP) is 17.8. The summed E-state index contributed by atoms with van der Waals surface area (Å²) in [6, 6.07) is 65.8. The lowest BCUT2D eigenvalue weighted by Crippen LogP contribution is -2.16. The monoisotopic (exact) mass is 950 g/mol. The Balaban J connectivity index is 1.21. The molecule has 14 rings (SSSR count). The quantitative estimate of drug-likeness (QED) is 0.153. The summed E-state index contributed by atoms with van der Waals surface area (Å²) in [5, 5.41) is 6.00. The minimum atomic E-state index is -5.02. The second-order valence-corrected chi connectivity index (χ2v) is 18.3. The van der Waals surface area contributed by atoms with Crippen LogP contribution in [0.1, 0.15) is 11.1 Å². The van der Waals surface area contributed by atoms with Gasteiger partial charge in [0.05, 0.1) is 61.1 Å². The standard InChI is InChI=1S/C62H36F6N4/c63-61(64,65)39-17-15-16-37(34-39)38-35-54(71-48-26-11-7-22-42(48)44-30-32-52-56(59(44)71)46-24-9-13-28-50(46)69(52)40-18-3-1-4-19-40)58(62(66,67)68)55(36-38)72-49-27-12-8-23-43(49)45-31-33-53-57(60(45)72)47-25-10-14-29-51(47)70(53)41-20-5-2-6-21-41/h1-36H. The zero-order valence-corrected chi connectivity index (χ0v) is 37.8. The van der Waals surface area contributed by atoms with Crippen LogP contribution < -0.4 is 0 Å². The van der Waals surface area contributed by atoms with Crippen molar-refractivity contribution >= 4 is 87.2 Å². The molecule has 0 N–H and O–H groups in total. The van der Waals surface area contributed by atoms with Crippen molar-refractivity contribution in [2.75, 3.05) is 0 Å². The third kappa shape index (κ3) is 6.01. The normalized spacial score (nSPS) is 12.6. The van der Waals surface area contributed by atoms with Gasteiger partial charge in [-0.15, -0.1) is 0 Å². The molecule has 10 aromatic carbocycles. The fourth-order valence-corrected chi connectivity index (χ4v) is 11.5. The topological polar surface area (TPSA) is 19.7 Å². The number of rotatable bonds is 5. The molecule has 346 valence electrons. The molecule has 10 heteroatoms. The highest BCUT2D eigenvalue weighted by molar-refractivity contribution is 6.28. The van der Waals surface area contributed by atoms with Crippen LogP contribution in [0.3, 0.4) is 0 Å². The van der Waals surface area contributed by atoms with Gasteiger partial charge in [0.1, 0.15) is 5.56 Å². The number of alkyl halides is 6. The molecule has 0 aliphatic carbocycles. The Morgan fingerprint density at radius 1 is 0.278 bits per heavy atom. The fourth-order valence-electron chi connectivity index (χ4n) is 11.5. The number of nitrogens with zero attached hydrogens (tertiary/aromatic N) is 4. The minimum absolute atomic E-state index is 0.110. The Labute approximate surface area is 406 Å². The van der Waals surface area contributed by atoms with E-state index in [-0.39, 0.29) is 22.5 Å². The summed E-state index contributed by atoms with van der Waals surface area (Å²) < 4.78 is 103. The van der Waals surface area contributed by atoms with E-state index >= 15 is 13.2 Å². The second-order valence-electron chi connectivity index (χ2n) is 18.3. The second kappa shape index (κ2) is 15.2. The van der Waals surface area contributed by atoms with Crippen LogP contribution in [0.25, 0.3) is 121 Å². The van der Waals surface area contributed by atoms with Crippen LogP contribution in [0.2, 0.25) is 0 Å². The van der Waals surface area contributed by atoms with Gasteiger partial charge in [0.15, 0.2) is 0 Å². The van der Waals surface area contributed by atoms with Crippen LogP contribution >= 0.6 is 0 Å². The smallest absolute Gasteiger partial charge is 0.309 e. The van der Waals surface area contributed by atoms with Crippen molar-refractivity contribution in [2.24, 2.45) is 0 Å². The van der Waals surface area contributed by atoms with Gasteiger partial charge < -0.3 is 18.3 Å². The van der Waals surface area contributed by atoms with Gasteiger partial charge in [-0.1, -0.05) is 133 Å². The zero-order chi connectivity index (χ0) is 48.6. The third-order valence-electron chi connectivity index (χ3n) is 14.4. The van der Waals surface area contributed by atoms with Crippen molar-refractivity contribution in [3.63, 3.8) is 0 Å². The number of hydrogen-bond donors (Lipinski definition) is 0. The molecule has 4 aromatic heterocycles. The van der Waals surface area contributed by atoms with Gasteiger partial charge in [-0.25, -0.2) is 0 Å². The first-order valence-electron chi connectivity index (χ1n) is 23.5. The summed E-state index contributed by atoms with van der Waals surface area (Å²) in [5.41, 5.74) is 5.08. The number of aromatic nitrogens is 4. The van der Waals surface area contributed by atoms with Gasteiger partial charge in [-0.3, -0.25) is 0 Å². The van der Waals surface area contributed by atoms with Gasteiger partial charge in [0, 0.05) is 54.5 Å². The Morgan fingerprint density at radius 2 is 0.681 bits per heavy atom. The Morgan fingerprint density at radius 3 is 1.11 bits per heavy atom. The van der Waals surface area contributed by atoms with Crippen molar-refractivity contribution in [3.05, 3.63) is 230 Å². The molecule has 0 bridgehead atoms. The maximum atomic E-state index is 17.2. The summed E-state index contributed by atoms with van der Waals surface area (Å²) >= 11 is 0. The van der Waals surface area contributed by atoms with E-state index in [1.165, 1.54) is 24.3 Å². The van der Waals surface area contributed by atoms with Crippen LogP contribution in [0.4, 0.5) is 26.3 Å². The summed E-state index contributed by atoms with van der Waals surface area (Å²) in [6.07, 6.45) is -9.74. The van der Waals surface area contributed by atoms with E-state index in [1.807, 2.05) is 170 Å². The van der Waals surface area contributed by atoms with Gasteiger partial charge in [-0.05, 0) is 96.1 Å². The molecular weight excluding hydrogens is 915 g/mol. The molecule has 0 fully saturated rings. The molecular formula is C62H36F6N4. The molecule has 72 heavy (non-hydrogen) atoms. The number of para-hydroxylation sites is 6. The predicted molar refractivity (Wildman–Crippen MR) is 279 cm³/mol. The van der Waals surface area contributed by atoms with E-state index < -0.39 is 23.5 Å². The molecule has 0 unspecified atom stereocenters. The minimum Gasteiger partial charge on any atom is -0.309 e. The number of hydrogen-bond acceptors (Lipinski definition) is 0. The van der Waals surface area contributed by atoms with Crippen molar-refractivity contribution in [2.45, 2.75) is 12.4 Å². The number of fused-ring (bicyclic) bond motifs is 14. The van der Waals surface area contributed by atoms with Crippen molar-refractivity contribution < 1.29 is 26.3 Å². The van der Waals surface area contributed by atoms with E-state index in [0.717, 1.165) is 88.7 Å². The molecule has 0 aliphatic rings. The van der Waals surface area contributed by atoms with Gasteiger partial charge >= 0.3 is 12.4 Å². The SMILES string of the molecule is FC(F)(F)c1cccc(-c2cc(-n3c4ccccc4c4ccc5c(c6ccccc6n5-c5ccccc5)c43)c(C(F)(F)F)c(-n3c4ccccc4c4ccc5c(c6ccccc6n5-c5ccccc5)c43)c2)c1. The molecule has 0 saturated carbocycles. The molecule has 0 saturated heterocycles. The highest BCUT2D eigenvalue weighted by Gasteiger charge is 2.40. The largest absolute Gasteiger partial charge is 0.420 e. The Bertz CT molecular complexity index is 4280. The van der Waals surface area contributed by atoms with E-state index in [1.54, 1.807) is 21.3 Å². The number of benzene rings is 10.